The second kappa shape index (κ2) is 9.09. The Labute approximate surface area is 182 Å². The molecular formula is C25H28N2O2S. The molecule has 1 aliphatic heterocycles. The third kappa shape index (κ3) is 4.62. The summed E-state index contributed by atoms with van der Waals surface area (Å²) in [6.07, 6.45) is 6.47. The predicted octanol–water partition coefficient (Wildman–Crippen LogP) is 5.17. The number of anilines is 1. The Morgan fingerprint density at radius 1 is 1.13 bits per heavy atom. The first-order chi connectivity index (χ1) is 14.5. The smallest absolute Gasteiger partial charge is 0.265 e. The van der Waals surface area contributed by atoms with E-state index < -0.39 is 0 Å². The van der Waals surface area contributed by atoms with Crippen LogP contribution in [0, 0.1) is 12.8 Å². The molecule has 1 aliphatic carbocycles. The van der Waals surface area contributed by atoms with Crippen LogP contribution in [0.2, 0.25) is 0 Å². The van der Waals surface area contributed by atoms with E-state index in [2.05, 4.69) is 12.2 Å². The van der Waals surface area contributed by atoms with Crippen molar-refractivity contribution in [3.8, 4) is 0 Å². The zero-order valence-corrected chi connectivity index (χ0v) is 18.4. The number of thioether (sulfide) groups is 1. The Morgan fingerprint density at radius 3 is 2.63 bits per heavy atom. The first kappa shape index (κ1) is 20.7. The summed E-state index contributed by atoms with van der Waals surface area (Å²) in [7, 11) is 0. The van der Waals surface area contributed by atoms with E-state index in [1.807, 2.05) is 61.5 Å². The molecule has 1 fully saturated rings. The van der Waals surface area contributed by atoms with Crippen LogP contribution in [-0.2, 0) is 9.59 Å². The molecule has 1 saturated carbocycles. The summed E-state index contributed by atoms with van der Waals surface area (Å²) < 4.78 is 0. The molecular weight excluding hydrogens is 392 g/mol. The Hall–Kier alpha value is -2.53. The summed E-state index contributed by atoms with van der Waals surface area (Å²) >= 11 is 1.47. The van der Waals surface area contributed by atoms with Gasteiger partial charge in [-0.2, -0.15) is 0 Å². The lowest BCUT2D eigenvalue weighted by Crippen LogP contribution is -2.48. The summed E-state index contributed by atoms with van der Waals surface area (Å²) in [6, 6.07) is 16.1. The Balaban J connectivity index is 1.56. The van der Waals surface area contributed by atoms with E-state index in [1.54, 1.807) is 4.90 Å². The number of carbonyl (C=O) groups excluding carboxylic acids is 2. The minimum atomic E-state index is -0.119. The van der Waals surface area contributed by atoms with Crippen LogP contribution in [0.3, 0.4) is 0 Å². The lowest BCUT2D eigenvalue weighted by atomic mass is 9.86. The molecule has 2 aromatic rings. The topological polar surface area (TPSA) is 49.4 Å². The van der Waals surface area contributed by atoms with Gasteiger partial charge < -0.3 is 5.32 Å². The fourth-order valence-electron chi connectivity index (χ4n) is 4.16. The maximum atomic E-state index is 13.3. The van der Waals surface area contributed by atoms with Crippen LogP contribution < -0.4 is 10.2 Å². The Morgan fingerprint density at radius 2 is 1.87 bits per heavy atom. The molecule has 4 rings (SSSR count). The molecule has 5 heteroatoms. The number of fused-ring (bicyclic) bond motifs is 1. The van der Waals surface area contributed by atoms with Crippen LogP contribution in [0.25, 0.3) is 6.08 Å². The molecule has 0 spiro atoms. The van der Waals surface area contributed by atoms with Crippen molar-refractivity contribution < 1.29 is 9.59 Å². The molecule has 0 radical (unpaired) electrons. The molecule has 1 heterocycles. The normalized spacial score (nSPS) is 22.7. The van der Waals surface area contributed by atoms with Gasteiger partial charge in [0, 0.05) is 10.9 Å². The molecule has 0 bridgehead atoms. The number of rotatable bonds is 4. The third-order valence-corrected chi connectivity index (χ3v) is 7.04. The van der Waals surface area contributed by atoms with Gasteiger partial charge in [0.2, 0.25) is 5.91 Å². The summed E-state index contributed by atoms with van der Waals surface area (Å²) in [5, 5.41) is 3.18. The van der Waals surface area contributed by atoms with Crippen LogP contribution in [0.5, 0.6) is 0 Å². The average molecular weight is 421 g/mol. The van der Waals surface area contributed by atoms with Crippen LogP contribution in [0.4, 0.5) is 5.69 Å². The van der Waals surface area contributed by atoms with E-state index in [9.17, 15) is 9.59 Å². The lowest BCUT2D eigenvalue weighted by Gasteiger charge is -2.32. The number of benzene rings is 2. The van der Waals surface area contributed by atoms with Gasteiger partial charge in [-0.15, -0.1) is 0 Å². The minimum absolute atomic E-state index is 0.0465. The number of nitrogens with one attached hydrogen (secondary N) is 1. The monoisotopic (exact) mass is 420 g/mol. The van der Waals surface area contributed by atoms with Crippen molar-refractivity contribution in [3.05, 3.63) is 64.6 Å². The molecule has 30 heavy (non-hydrogen) atoms. The maximum absolute atomic E-state index is 13.3. The van der Waals surface area contributed by atoms with E-state index in [1.165, 1.54) is 23.7 Å². The van der Waals surface area contributed by atoms with Crippen molar-refractivity contribution >= 4 is 35.3 Å². The van der Waals surface area contributed by atoms with Crippen LogP contribution in [-0.4, -0.2) is 24.4 Å². The first-order valence-electron chi connectivity index (χ1n) is 10.7. The number of hydrogen-bond acceptors (Lipinski definition) is 3. The van der Waals surface area contributed by atoms with Gasteiger partial charge in [-0.25, -0.2) is 0 Å². The number of carbonyl (C=O) groups is 2. The predicted molar refractivity (Wildman–Crippen MR) is 123 cm³/mol. The standard InChI is InChI=1S/C25H28N2O2S/c1-17-11-13-19(14-12-17)15-23-25(29)27(21-9-5-6-10-22(21)30-23)16-24(28)26-20-8-4-3-7-18(20)2/h5-6,9-15,18,20H,3-4,7-8,16H2,1-2H3,(H,26,28). The Bertz CT molecular complexity index is 967. The second-order valence-electron chi connectivity index (χ2n) is 8.32. The highest BCUT2D eigenvalue weighted by atomic mass is 32.2. The van der Waals surface area contributed by atoms with Crippen molar-refractivity contribution in [2.45, 2.75) is 50.5 Å². The highest BCUT2D eigenvalue weighted by Gasteiger charge is 2.31. The zero-order valence-electron chi connectivity index (χ0n) is 17.6. The van der Waals surface area contributed by atoms with Crippen molar-refractivity contribution in [3.63, 3.8) is 0 Å². The number of hydrogen-bond donors (Lipinski definition) is 1. The molecule has 4 nitrogen and oxygen atoms in total. The second-order valence-corrected chi connectivity index (χ2v) is 9.40. The first-order valence-corrected chi connectivity index (χ1v) is 11.5. The molecule has 2 amide bonds. The molecule has 2 unspecified atom stereocenters. The lowest BCUT2D eigenvalue weighted by molar-refractivity contribution is -0.123. The minimum Gasteiger partial charge on any atom is -0.352 e. The van der Waals surface area contributed by atoms with Crippen LogP contribution in [0.1, 0.15) is 43.7 Å². The van der Waals surface area contributed by atoms with Crippen molar-refractivity contribution in [1.29, 1.82) is 0 Å². The van der Waals surface area contributed by atoms with Gasteiger partial charge in [-0.1, -0.05) is 73.5 Å². The molecule has 1 N–H and O–H groups in total. The highest BCUT2D eigenvalue weighted by molar-refractivity contribution is 8.04. The summed E-state index contributed by atoms with van der Waals surface area (Å²) in [6.45, 7) is 4.29. The van der Waals surface area contributed by atoms with E-state index in [-0.39, 0.29) is 24.4 Å². The summed E-state index contributed by atoms with van der Waals surface area (Å²) in [5.74, 6) is 0.282. The van der Waals surface area contributed by atoms with Gasteiger partial charge in [-0.05, 0) is 49.5 Å². The largest absolute Gasteiger partial charge is 0.352 e. The summed E-state index contributed by atoms with van der Waals surface area (Å²) in [5.41, 5.74) is 2.97. The molecule has 2 aliphatic rings. The van der Waals surface area contributed by atoms with Gasteiger partial charge in [0.25, 0.3) is 5.91 Å². The van der Waals surface area contributed by atoms with Gasteiger partial charge in [0.05, 0.1) is 10.6 Å². The fourth-order valence-corrected chi connectivity index (χ4v) is 5.22. The van der Waals surface area contributed by atoms with Gasteiger partial charge in [-0.3, -0.25) is 14.5 Å². The van der Waals surface area contributed by atoms with Gasteiger partial charge in [0.1, 0.15) is 6.54 Å². The van der Waals surface area contributed by atoms with E-state index in [4.69, 9.17) is 0 Å². The Kier molecular flexibility index (Phi) is 6.28. The number of aryl methyl sites for hydroxylation is 1. The SMILES string of the molecule is Cc1ccc(C=C2Sc3ccccc3N(CC(=O)NC3CCCCC3C)C2=O)cc1. The summed E-state index contributed by atoms with van der Waals surface area (Å²) in [4.78, 5) is 29.4. The van der Waals surface area contributed by atoms with Gasteiger partial charge in [0.15, 0.2) is 0 Å². The average Bonchev–Trinajstić information content (AvgIpc) is 2.74. The molecule has 0 saturated heterocycles. The quantitative estimate of drug-likeness (QED) is 0.694. The number of para-hydroxylation sites is 1. The van der Waals surface area contributed by atoms with Crippen LogP contribution >= 0.6 is 11.8 Å². The molecule has 2 aromatic carbocycles. The van der Waals surface area contributed by atoms with Crippen molar-refractivity contribution in [1.82, 2.24) is 5.32 Å². The third-order valence-electron chi connectivity index (χ3n) is 5.97. The zero-order chi connectivity index (χ0) is 21.1. The molecule has 2 atom stereocenters. The van der Waals surface area contributed by atoms with Gasteiger partial charge >= 0.3 is 0 Å². The number of amides is 2. The van der Waals surface area contributed by atoms with Crippen molar-refractivity contribution in [2.24, 2.45) is 5.92 Å². The molecule has 156 valence electrons. The van der Waals surface area contributed by atoms with E-state index in [0.717, 1.165) is 35.4 Å². The highest BCUT2D eigenvalue weighted by Crippen LogP contribution is 2.42. The van der Waals surface area contributed by atoms with E-state index in [0.29, 0.717) is 10.8 Å². The maximum Gasteiger partial charge on any atom is 0.265 e. The number of nitrogens with zero attached hydrogens (tertiary/aromatic N) is 1. The van der Waals surface area contributed by atoms with Crippen LogP contribution in [0.15, 0.2) is 58.3 Å². The molecule has 0 aromatic heterocycles. The fraction of sp³-hybridized carbons (Fsp3) is 0.360. The van der Waals surface area contributed by atoms with E-state index >= 15 is 0 Å². The van der Waals surface area contributed by atoms with Crippen molar-refractivity contribution in [2.75, 3.05) is 11.4 Å².